The number of thiazole rings is 1. The number of ether oxygens (including phenoxy) is 1. The first-order valence-corrected chi connectivity index (χ1v) is 9.25. The van der Waals surface area contributed by atoms with Crippen molar-refractivity contribution in [3.8, 4) is 0 Å². The van der Waals surface area contributed by atoms with Crippen LogP contribution in [-0.4, -0.2) is 44.6 Å². The average molecular weight is 361 g/mol. The van der Waals surface area contributed by atoms with Crippen molar-refractivity contribution in [2.24, 2.45) is 0 Å². The maximum absolute atomic E-state index is 12.3. The van der Waals surface area contributed by atoms with Crippen LogP contribution in [0.2, 0.25) is 0 Å². The molecule has 7 nitrogen and oxygen atoms in total. The molecule has 8 heteroatoms. The van der Waals surface area contributed by atoms with E-state index in [9.17, 15) is 4.79 Å². The zero-order valence-corrected chi connectivity index (χ0v) is 15.5. The zero-order chi connectivity index (χ0) is 17.9. The van der Waals surface area contributed by atoms with Crippen LogP contribution in [0.5, 0.6) is 0 Å². The molecule has 1 aliphatic rings. The number of carbonyl (C=O) groups is 1. The van der Waals surface area contributed by atoms with Crippen LogP contribution in [0.4, 0.5) is 15.7 Å². The number of hydrogen-bond acceptors (Lipinski definition) is 7. The van der Waals surface area contributed by atoms with Gasteiger partial charge in [-0.2, -0.15) is 0 Å². The van der Waals surface area contributed by atoms with Crippen LogP contribution in [-0.2, 0) is 4.74 Å². The van der Waals surface area contributed by atoms with Gasteiger partial charge in [0.25, 0.3) is 0 Å². The van der Waals surface area contributed by atoms with Gasteiger partial charge >= 0.3 is 6.09 Å². The normalized spacial score (nSPS) is 18.0. The molecule has 1 amide bonds. The molecule has 134 valence electrons. The first kappa shape index (κ1) is 17.6. The van der Waals surface area contributed by atoms with E-state index in [0.717, 1.165) is 30.2 Å². The summed E-state index contributed by atoms with van der Waals surface area (Å²) in [7, 11) is 0. The predicted molar refractivity (Wildman–Crippen MR) is 97.2 cm³/mol. The van der Waals surface area contributed by atoms with Crippen molar-refractivity contribution in [1.82, 2.24) is 19.9 Å². The quantitative estimate of drug-likeness (QED) is 0.896. The molecule has 1 saturated heterocycles. The lowest BCUT2D eigenvalue weighted by atomic mass is 9.96. The summed E-state index contributed by atoms with van der Waals surface area (Å²) in [5.74, 6) is 0.900. The Bertz CT molecular complexity index is 713. The Labute approximate surface area is 151 Å². The molecular formula is C17H23N5O2S. The van der Waals surface area contributed by atoms with Crippen molar-refractivity contribution < 1.29 is 9.53 Å². The highest BCUT2D eigenvalue weighted by Gasteiger charge is 2.29. The van der Waals surface area contributed by atoms with Crippen molar-refractivity contribution >= 4 is 28.4 Å². The van der Waals surface area contributed by atoms with Gasteiger partial charge in [0.1, 0.15) is 5.60 Å². The number of likely N-dealkylation sites (tertiary alicyclic amines) is 1. The molecule has 25 heavy (non-hydrogen) atoms. The molecule has 0 radical (unpaired) electrons. The van der Waals surface area contributed by atoms with Crippen LogP contribution < -0.4 is 5.32 Å². The molecule has 2 aromatic rings. The Morgan fingerprint density at radius 1 is 1.40 bits per heavy atom. The average Bonchev–Trinajstić information content (AvgIpc) is 3.03. The molecule has 1 fully saturated rings. The minimum Gasteiger partial charge on any atom is -0.444 e. The third kappa shape index (κ3) is 4.88. The van der Waals surface area contributed by atoms with E-state index in [-0.39, 0.29) is 12.0 Å². The Kier molecular flexibility index (Phi) is 5.17. The summed E-state index contributed by atoms with van der Waals surface area (Å²) in [5.41, 5.74) is 0.531. The zero-order valence-electron chi connectivity index (χ0n) is 14.7. The fourth-order valence-corrected chi connectivity index (χ4v) is 3.51. The van der Waals surface area contributed by atoms with Gasteiger partial charge in [0.2, 0.25) is 0 Å². The summed E-state index contributed by atoms with van der Waals surface area (Å²) in [4.78, 5) is 27.0. The van der Waals surface area contributed by atoms with Crippen molar-refractivity contribution in [3.63, 3.8) is 0 Å². The van der Waals surface area contributed by atoms with E-state index in [0.29, 0.717) is 12.4 Å². The number of carbonyl (C=O) groups excluding carboxylic acids is 1. The topological polar surface area (TPSA) is 80.2 Å². The highest BCUT2D eigenvalue weighted by atomic mass is 32.1. The highest BCUT2D eigenvalue weighted by molar-refractivity contribution is 7.13. The number of nitrogens with zero attached hydrogens (tertiary/aromatic N) is 4. The van der Waals surface area contributed by atoms with Gasteiger partial charge in [-0.3, -0.25) is 4.98 Å². The predicted octanol–water partition coefficient (Wildman–Crippen LogP) is 3.79. The Balaban J connectivity index is 1.63. The van der Waals surface area contributed by atoms with Gasteiger partial charge in [-0.05, 0) is 33.6 Å². The van der Waals surface area contributed by atoms with Gasteiger partial charge in [-0.1, -0.05) is 0 Å². The molecule has 0 spiro atoms. The number of aromatic nitrogens is 3. The van der Waals surface area contributed by atoms with Crippen molar-refractivity contribution in [2.75, 3.05) is 18.4 Å². The second-order valence-corrected chi connectivity index (χ2v) is 7.92. The molecular weight excluding hydrogens is 338 g/mol. The minimum absolute atomic E-state index is 0.231. The lowest BCUT2D eigenvalue weighted by Gasteiger charge is -2.33. The van der Waals surface area contributed by atoms with Crippen LogP contribution in [0.15, 0.2) is 24.0 Å². The second kappa shape index (κ2) is 7.35. The van der Waals surface area contributed by atoms with Crippen molar-refractivity contribution in [3.05, 3.63) is 29.7 Å². The lowest BCUT2D eigenvalue weighted by molar-refractivity contribution is 0.0197. The molecule has 2 aromatic heterocycles. The van der Waals surface area contributed by atoms with Gasteiger partial charge in [0, 0.05) is 36.8 Å². The number of rotatable bonds is 3. The van der Waals surface area contributed by atoms with Crippen LogP contribution in [0.1, 0.15) is 45.2 Å². The maximum atomic E-state index is 12.3. The number of hydrogen-bond donors (Lipinski definition) is 1. The van der Waals surface area contributed by atoms with E-state index in [1.165, 1.54) is 11.3 Å². The number of piperidine rings is 1. The van der Waals surface area contributed by atoms with Crippen molar-refractivity contribution in [1.29, 1.82) is 0 Å². The van der Waals surface area contributed by atoms with Crippen molar-refractivity contribution in [2.45, 2.75) is 45.1 Å². The van der Waals surface area contributed by atoms with Crippen LogP contribution in [0.25, 0.3) is 0 Å². The van der Waals surface area contributed by atoms with E-state index in [1.807, 2.05) is 26.2 Å². The number of amides is 1. The van der Waals surface area contributed by atoms with Crippen LogP contribution in [0.3, 0.4) is 0 Å². The molecule has 1 N–H and O–H groups in total. The molecule has 1 aliphatic heterocycles. The largest absolute Gasteiger partial charge is 0.444 e. The Morgan fingerprint density at radius 3 is 2.96 bits per heavy atom. The Morgan fingerprint density at radius 2 is 2.24 bits per heavy atom. The molecule has 0 aromatic carbocycles. The van der Waals surface area contributed by atoms with E-state index >= 15 is 0 Å². The summed E-state index contributed by atoms with van der Waals surface area (Å²) in [6.45, 7) is 7.04. The first-order valence-electron chi connectivity index (χ1n) is 8.37. The van der Waals surface area contributed by atoms with Gasteiger partial charge in [-0.15, -0.1) is 11.3 Å². The number of nitrogens with one attached hydrogen (secondary N) is 1. The summed E-state index contributed by atoms with van der Waals surface area (Å²) in [5, 5.41) is 5.98. The third-order valence-corrected chi connectivity index (χ3v) is 4.59. The third-order valence-electron chi connectivity index (χ3n) is 3.81. The molecule has 1 atom stereocenters. The number of anilines is 2. The lowest BCUT2D eigenvalue weighted by Crippen LogP contribution is -2.42. The van der Waals surface area contributed by atoms with Gasteiger partial charge in [-0.25, -0.2) is 14.8 Å². The second-order valence-electron chi connectivity index (χ2n) is 7.06. The molecule has 0 unspecified atom stereocenters. The molecule has 0 bridgehead atoms. The summed E-state index contributed by atoms with van der Waals surface area (Å²) in [6, 6.07) is 0. The van der Waals surface area contributed by atoms with Crippen LogP contribution in [0, 0.1) is 0 Å². The molecule has 0 aliphatic carbocycles. The minimum atomic E-state index is -0.474. The molecule has 3 rings (SSSR count). The van der Waals surface area contributed by atoms with Gasteiger partial charge < -0.3 is 15.0 Å². The highest BCUT2D eigenvalue weighted by Crippen LogP contribution is 2.30. The van der Waals surface area contributed by atoms with E-state index in [4.69, 9.17) is 4.74 Å². The van der Waals surface area contributed by atoms with E-state index < -0.39 is 5.60 Å². The summed E-state index contributed by atoms with van der Waals surface area (Å²) in [6.07, 6.45) is 6.65. The standard InChI is InChI=1S/C17H23N5O2S/c1-17(2,3)24-16(23)22-8-4-5-12(10-22)13-11-25-15(20-13)21-14-9-18-6-7-19-14/h6-7,9,11-12H,4-5,8,10H2,1-3H3,(H,19,20,21)/t12-/m0/s1. The van der Waals surface area contributed by atoms with Gasteiger partial charge in [0.05, 0.1) is 11.9 Å². The van der Waals surface area contributed by atoms with E-state index in [2.05, 4.69) is 20.3 Å². The van der Waals surface area contributed by atoms with E-state index in [1.54, 1.807) is 23.5 Å². The van der Waals surface area contributed by atoms with Gasteiger partial charge in [0.15, 0.2) is 10.9 Å². The summed E-state index contributed by atoms with van der Waals surface area (Å²) >= 11 is 1.53. The summed E-state index contributed by atoms with van der Waals surface area (Å²) < 4.78 is 5.49. The maximum Gasteiger partial charge on any atom is 0.410 e. The fraction of sp³-hybridized carbons (Fsp3) is 0.529. The first-order chi connectivity index (χ1) is 11.9. The Hall–Kier alpha value is -2.22. The molecule has 3 heterocycles. The SMILES string of the molecule is CC(C)(C)OC(=O)N1CCC[C@H](c2csc(Nc3cnccn3)n2)C1. The monoisotopic (exact) mass is 361 g/mol. The molecule has 0 saturated carbocycles. The van der Waals surface area contributed by atoms with Crippen LogP contribution >= 0.6 is 11.3 Å². The fourth-order valence-electron chi connectivity index (χ4n) is 2.72. The smallest absolute Gasteiger partial charge is 0.410 e.